The molecule has 2 aromatic carbocycles. The fraction of sp³-hybridized carbons (Fsp3) is 0.300. The smallest absolute Gasteiger partial charge is 0.238 e. The summed E-state index contributed by atoms with van der Waals surface area (Å²) in [5, 5.41) is 7.90. The predicted molar refractivity (Wildman–Crippen MR) is 106 cm³/mol. The van der Waals surface area contributed by atoms with Crippen molar-refractivity contribution < 1.29 is 18.0 Å². The van der Waals surface area contributed by atoms with Crippen LogP contribution in [-0.2, 0) is 32.6 Å². The van der Waals surface area contributed by atoms with Crippen LogP contribution >= 0.6 is 0 Å². The van der Waals surface area contributed by atoms with Crippen LogP contribution in [0.3, 0.4) is 0 Å². The summed E-state index contributed by atoms with van der Waals surface area (Å²) in [6.45, 7) is 2.56. The number of hydrogen-bond donors (Lipinski definition) is 2. The number of nitrogens with zero attached hydrogens (tertiary/aromatic N) is 1. The number of hydrogen-bond acceptors (Lipinski definition) is 4. The minimum atomic E-state index is -3.79. The van der Waals surface area contributed by atoms with E-state index in [-0.39, 0.29) is 29.7 Å². The van der Waals surface area contributed by atoms with E-state index in [1.807, 2.05) is 24.3 Å². The second-order valence-electron chi connectivity index (χ2n) is 6.84. The van der Waals surface area contributed by atoms with Crippen LogP contribution in [0.15, 0.2) is 53.4 Å². The number of aryl methyl sites for hydroxylation is 1. The fourth-order valence-electron chi connectivity index (χ4n) is 3.21. The van der Waals surface area contributed by atoms with Crippen molar-refractivity contribution in [2.24, 2.45) is 11.1 Å². The van der Waals surface area contributed by atoms with E-state index in [0.29, 0.717) is 12.1 Å². The standard InChI is InChI=1S/C20H23N3O4S/c1-2-14-6-8-17(9-7-14)23-13-16(11-19(23)24)20(25)22-12-15-4-3-5-18(10-15)28(21,26)27/h3-10,16H,2,11-13H2,1H3,(H,22,25)(H2,21,26,27). The van der Waals surface area contributed by atoms with Crippen molar-refractivity contribution in [1.82, 2.24) is 5.32 Å². The number of rotatable bonds is 6. The van der Waals surface area contributed by atoms with Gasteiger partial charge in [0.1, 0.15) is 0 Å². The van der Waals surface area contributed by atoms with Crippen molar-refractivity contribution in [3.8, 4) is 0 Å². The average molecular weight is 401 g/mol. The molecule has 1 heterocycles. The molecule has 7 nitrogen and oxygen atoms in total. The molecule has 2 amide bonds. The largest absolute Gasteiger partial charge is 0.352 e. The molecule has 3 N–H and O–H groups in total. The van der Waals surface area contributed by atoms with Crippen LogP contribution in [0, 0.1) is 5.92 Å². The molecule has 1 saturated heterocycles. The van der Waals surface area contributed by atoms with Gasteiger partial charge in [0.25, 0.3) is 0 Å². The van der Waals surface area contributed by atoms with Gasteiger partial charge < -0.3 is 10.2 Å². The normalized spacial score (nSPS) is 17.0. The van der Waals surface area contributed by atoms with Crippen LogP contribution in [0.2, 0.25) is 0 Å². The maximum Gasteiger partial charge on any atom is 0.238 e. The van der Waals surface area contributed by atoms with E-state index in [1.54, 1.807) is 17.0 Å². The molecule has 1 unspecified atom stereocenters. The molecule has 0 bridgehead atoms. The molecule has 0 radical (unpaired) electrons. The third-order valence-corrected chi connectivity index (χ3v) is 5.76. The number of carbonyl (C=O) groups excluding carboxylic acids is 2. The number of anilines is 1. The molecule has 1 atom stereocenters. The molecule has 8 heteroatoms. The zero-order valence-corrected chi connectivity index (χ0v) is 16.4. The lowest BCUT2D eigenvalue weighted by Gasteiger charge is -2.17. The van der Waals surface area contributed by atoms with Gasteiger partial charge in [0.2, 0.25) is 21.8 Å². The second-order valence-corrected chi connectivity index (χ2v) is 8.40. The van der Waals surface area contributed by atoms with Crippen LogP contribution < -0.4 is 15.4 Å². The first-order chi connectivity index (χ1) is 13.3. The van der Waals surface area contributed by atoms with Crippen LogP contribution in [0.25, 0.3) is 0 Å². The highest BCUT2D eigenvalue weighted by Crippen LogP contribution is 2.25. The summed E-state index contributed by atoms with van der Waals surface area (Å²) in [6.07, 6.45) is 1.07. The quantitative estimate of drug-likeness (QED) is 0.765. The highest BCUT2D eigenvalue weighted by atomic mass is 32.2. The Kier molecular flexibility index (Phi) is 5.81. The van der Waals surface area contributed by atoms with Gasteiger partial charge >= 0.3 is 0 Å². The average Bonchev–Trinajstić information content (AvgIpc) is 3.07. The zero-order chi connectivity index (χ0) is 20.3. The third-order valence-electron chi connectivity index (χ3n) is 4.85. The predicted octanol–water partition coefficient (Wildman–Crippen LogP) is 1.57. The summed E-state index contributed by atoms with van der Waals surface area (Å²) in [5.74, 6) is -0.762. The molecule has 28 heavy (non-hydrogen) atoms. The number of nitrogens with one attached hydrogen (secondary N) is 1. The van der Waals surface area contributed by atoms with Crippen LogP contribution in [0.1, 0.15) is 24.5 Å². The SMILES string of the molecule is CCc1ccc(N2CC(C(=O)NCc3cccc(S(N)(=O)=O)c3)CC2=O)cc1. The lowest BCUT2D eigenvalue weighted by molar-refractivity contribution is -0.126. The van der Waals surface area contributed by atoms with Gasteiger partial charge in [-0.15, -0.1) is 0 Å². The Balaban J connectivity index is 1.62. The van der Waals surface area contributed by atoms with Crippen LogP contribution in [0.5, 0.6) is 0 Å². The third kappa shape index (κ3) is 4.58. The number of sulfonamides is 1. The number of amides is 2. The Bertz CT molecular complexity index is 987. The fourth-order valence-corrected chi connectivity index (χ4v) is 3.79. The molecule has 0 aliphatic carbocycles. The Labute approximate surface area is 164 Å². The topological polar surface area (TPSA) is 110 Å². The molecular weight excluding hydrogens is 378 g/mol. The monoisotopic (exact) mass is 401 g/mol. The minimum Gasteiger partial charge on any atom is -0.352 e. The van der Waals surface area contributed by atoms with E-state index in [1.165, 1.54) is 17.7 Å². The lowest BCUT2D eigenvalue weighted by atomic mass is 10.1. The lowest BCUT2D eigenvalue weighted by Crippen LogP contribution is -2.32. The Hall–Kier alpha value is -2.71. The summed E-state index contributed by atoms with van der Waals surface area (Å²) in [5.41, 5.74) is 2.60. The van der Waals surface area contributed by atoms with Crippen molar-refractivity contribution >= 4 is 27.5 Å². The first-order valence-electron chi connectivity index (χ1n) is 9.06. The van der Waals surface area contributed by atoms with Gasteiger partial charge in [0.15, 0.2) is 0 Å². The summed E-state index contributed by atoms with van der Waals surface area (Å²) in [7, 11) is -3.79. The molecule has 2 aromatic rings. The number of carbonyl (C=O) groups is 2. The maximum atomic E-state index is 12.5. The maximum absolute atomic E-state index is 12.5. The van der Waals surface area contributed by atoms with E-state index in [4.69, 9.17) is 5.14 Å². The van der Waals surface area contributed by atoms with Gasteiger partial charge in [0, 0.05) is 25.2 Å². The van der Waals surface area contributed by atoms with E-state index in [9.17, 15) is 18.0 Å². The van der Waals surface area contributed by atoms with Crippen LogP contribution in [0.4, 0.5) is 5.69 Å². The summed E-state index contributed by atoms with van der Waals surface area (Å²) in [6, 6.07) is 13.9. The Morgan fingerprint density at radius 1 is 1.18 bits per heavy atom. The van der Waals surface area contributed by atoms with E-state index < -0.39 is 15.9 Å². The molecule has 1 aliphatic rings. The molecule has 148 valence electrons. The van der Waals surface area contributed by atoms with E-state index in [2.05, 4.69) is 12.2 Å². The summed E-state index contributed by atoms with van der Waals surface area (Å²) in [4.78, 5) is 26.5. The van der Waals surface area contributed by atoms with E-state index in [0.717, 1.165) is 12.1 Å². The highest BCUT2D eigenvalue weighted by molar-refractivity contribution is 7.89. The van der Waals surface area contributed by atoms with Gasteiger partial charge in [-0.2, -0.15) is 0 Å². The Morgan fingerprint density at radius 2 is 1.89 bits per heavy atom. The molecule has 1 aliphatic heterocycles. The van der Waals surface area contributed by atoms with Crippen molar-refractivity contribution in [3.63, 3.8) is 0 Å². The number of benzene rings is 2. The van der Waals surface area contributed by atoms with Crippen molar-refractivity contribution in [3.05, 3.63) is 59.7 Å². The molecule has 0 saturated carbocycles. The van der Waals surface area contributed by atoms with Crippen molar-refractivity contribution in [2.75, 3.05) is 11.4 Å². The van der Waals surface area contributed by atoms with E-state index >= 15 is 0 Å². The van der Waals surface area contributed by atoms with Crippen molar-refractivity contribution in [2.45, 2.75) is 31.2 Å². The van der Waals surface area contributed by atoms with Gasteiger partial charge in [-0.05, 0) is 41.8 Å². The minimum absolute atomic E-state index is 0.00278. The molecule has 1 fully saturated rings. The summed E-state index contributed by atoms with van der Waals surface area (Å²) < 4.78 is 22.9. The molecule has 3 rings (SSSR count). The number of primary sulfonamides is 1. The zero-order valence-electron chi connectivity index (χ0n) is 15.6. The van der Waals surface area contributed by atoms with Gasteiger partial charge in [-0.25, -0.2) is 13.6 Å². The highest BCUT2D eigenvalue weighted by Gasteiger charge is 2.34. The Morgan fingerprint density at radius 3 is 2.54 bits per heavy atom. The molecular formula is C20H23N3O4S. The summed E-state index contributed by atoms with van der Waals surface area (Å²) >= 11 is 0. The molecule has 0 aromatic heterocycles. The van der Waals surface area contributed by atoms with Gasteiger partial charge in [-0.3, -0.25) is 9.59 Å². The van der Waals surface area contributed by atoms with Gasteiger partial charge in [0.05, 0.1) is 10.8 Å². The number of nitrogens with two attached hydrogens (primary N) is 1. The van der Waals surface area contributed by atoms with Crippen molar-refractivity contribution in [1.29, 1.82) is 0 Å². The molecule has 0 spiro atoms. The van der Waals surface area contributed by atoms with Crippen LogP contribution in [-0.4, -0.2) is 26.8 Å². The first kappa shape index (κ1) is 20.0. The van der Waals surface area contributed by atoms with Gasteiger partial charge in [-0.1, -0.05) is 31.2 Å². The second kappa shape index (κ2) is 8.12. The first-order valence-corrected chi connectivity index (χ1v) is 10.6.